The molecule has 0 aliphatic heterocycles. The summed E-state index contributed by atoms with van der Waals surface area (Å²) >= 11 is 0. The van der Waals surface area contributed by atoms with Gasteiger partial charge in [0.15, 0.2) is 0 Å². The second kappa shape index (κ2) is 7.01. The molecule has 0 saturated heterocycles. The molecule has 1 N–H and O–H groups in total. The fraction of sp³-hybridized carbons (Fsp3) is 0.357. The zero-order valence-electron chi connectivity index (χ0n) is 11.0. The predicted molar refractivity (Wildman–Crippen MR) is 71.3 cm³/mol. The van der Waals surface area contributed by atoms with Gasteiger partial charge in [0.05, 0.1) is 18.6 Å². The molecule has 0 aliphatic rings. The van der Waals surface area contributed by atoms with Crippen molar-refractivity contribution in [3.63, 3.8) is 0 Å². The third-order valence-electron chi connectivity index (χ3n) is 2.75. The molecule has 0 aliphatic carbocycles. The number of hydrogen-bond acceptors (Lipinski definition) is 3. The van der Waals surface area contributed by atoms with Gasteiger partial charge in [0, 0.05) is 32.9 Å². The molecule has 0 atom stereocenters. The van der Waals surface area contributed by atoms with Gasteiger partial charge in [-0.05, 0) is 17.7 Å². The minimum atomic E-state index is -0.211. The topological polar surface area (TPSA) is 39.1 Å². The smallest absolute Gasteiger partial charge is 0.123 e. The maximum Gasteiger partial charge on any atom is 0.123 e. The largest absolute Gasteiger partial charge is 0.383 e. The van der Waals surface area contributed by atoms with E-state index >= 15 is 0 Å². The first-order valence-corrected chi connectivity index (χ1v) is 6.22. The first kappa shape index (κ1) is 13.7. The third-order valence-corrected chi connectivity index (χ3v) is 2.75. The molecule has 5 heteroatoms. The van der Waals surface area contributed by atoms with Crippen molar-refractivity contribution in [2.75, 3.05) is 20.3 Å². The van der Waals surface area contributed by atoms with Crippen LogP contribution in [0, 0.1) is 5.82 Å². The molecule has 0 radical (unpaired) electrons. The van der Waals surface area contributed by atoms with E-state index in [9.17, 15) is 4.39 Å². The lowest BCUT2D eigenvalue weighted by Gasteiger charge is -2.02. The van der Waals surface area contributed by atoms with Gasteiger partial charge in [0.2, 0.25) is 0 Å². The Morgan fingerprint density at radius 1 is 1.32 bits per heavy atom. The van der Waals surface area contributed by atoms with E-state index in [1.807, 2.05) is 10.8 Å². The molecule has 0 bridgehead atoms. The minimum Gasteiger partial charge on any atom is -0.383 e. The number of nitrogens with zero attached hydrogens (tertiary/aromatic N) is 2. The van der Waals surface area contributed by atoms with Crippen LogP contribution < -0.4 is 5.32 Å². The van der Waals surface area contributed by atoms with E-state index in [4.69, 9.17) is 4.74 Å². The standard InChI is InChI=1S/C14H18FN3O/c1-19-7-6-16-8-14-10-18(11-17-14)9-12-2-4-13(15)5-3-12/h2-5,10-11,16H,6-9H2,1H3. The van der Waals surface area contributed by atoms with E-state index in [1.165, 1.54) is 12.1 Å². The molecule has 0 unspecified atom stereocenters. The Balaban J connectivity index is 1.85. The van der Waals surface area contributed by atoms with Gasteiger partial charge in [0.1, 0.15) is 5.82 Å². The van der Waals surface area contributed by atoms with Crippen LogP contribution in [0.2, 0.25) is 0 Å². The summed E-state index contributed by atoms with van der Waals surface area (Å²) in [6.45, 7) is 2.92. The second-order valence-electron chi connectivity index (χ2n) is 4.33. The molecular formula is C14H18FN3O. The summed E-state index contributed by atoms with van der Waals surface area (Å²) in [6, 6.07) is 6.51. The summed E-state index contributed by atoms with van der Waals surface area (Å²) in [7, 11) is 1.68. The quantitative estimate of drug-likeness (QED) is 0.774. The molecule has 19 heavy (non-hydrogen) atoms. The van der Waals surface area contributed by atoms with Gasteiger partial charge in [0.25, 0.3) is 0 Å². The SMILES string of the molecule is COCCNCc1cn(Cc2ccc(F)cc2)cn1. The van der Waals surface area contributed by atoms with E-state index in [2.05, 4.69) is 10.3 Å². The summed E-state index contributed by atoms with van der Waals surface area (Å²) in [4.78, 5) is 4.31. The Hall–Kier alpha value is -1.72. The maximum absolute atomic E-state index is 12.8. The Morgan fingerprint density at radius 3 is 2.84 bits per heavy atom. The summed E-state index contributed by atoms with van der Waals surface area (Å²) < 4.78 is 19.7. The lowest BCUT2D eigenvalue weighted by molar-refractivity contribution is 0.199. The Bertz CT molecular complexity index is 496. The number of methoxy groups -OCH3 is 1. The van der Waals surface area contributed by atoms with E-state index < -0.39 is 0 Å². The van der Waals surface area contributed by atoms with Gasteiger partial charge in [-0.15, -0.1) is 0 Å². The van der Waals surface area contributed by atoms with Crippen molar-refractivity contribution in [1.82, 2.24) is 14.9 Å². The molecule has 0 saturated carbocycles. The average Bonchev–Trinajstić information content (AvgIpc) is 2.85. The molecule has 0 amide bonds. The molecule has 0 fully saturated rings. The fourth-order valence-electron chi connectivity index (χ4n) is 1.78. The van der Waals surface area contributed by atoms with Crippen LogP contribution in [0.4, 0.5) is 4.39 Å². The van der Waals surface area contributed by atoms with Crippen LogP contribution in [0.25, 0.3) is 0 Å². The highest BCUT2D eigenvalue weighted by Gasteiger charge is 2.00. The molecule has 4 nitrogen and oxygen atoms in total. The van der Waals surface area contributed by atoms with Crippen LogP contribution >= 0.6 is 0 Å². The summed E-state index contributed by atoms with van der Waals surface area (Å²) in [6.07, 6.45) is 3.78. The van der Waals surface area contributed by atoms with Gasteiger partial charge < -0.3 is 14.6 Å². The van der Waals surface area contributed by atoms with E-state index in [1.54, 1.807) is 25.6 Å². The Labute approximate surface area is 112 Å². The zero-order valence-corrected chi connectivity index (χ0v) is 11.0. The number of nitrogens with one attached hydrogen (secondary N) is 1. The molecule has 102 valence electrons. The van der Waals surface area contributed by atoms with Crippen LogP contribution in [0.5, 0.6) is 0 Å². The highest BCUT2D eigenvalue weighted by molar-refractivity contribution is 5.16. The molecule has 1 heterocycles. The number of hydrogen-bond donors (Lipinski definition) is 1. The Morgan fingerprint density at radius 2 is 2.11 bits per heavy atom. The van der Waals surface area contributed by atoms with Crippen LogP contribution in [0.3, 0.4) is 0 Å². The molecule has 2 rings (SSSR count). The normalized spacial score (nSPS) is 10.8. The molecule has 0 spiro atoms. The highest BCUT2D eigenvalue weighted by Crippen LogP contribution is 2.06. The first-order chi connectivity index (χ1) is 9.28. The van der Waals surface area contributed by atoms with Crippen molar-refractivity contribution >= 4 is 0 Å². The summed E-state index contributed by atoms with van der Waals surface area (Å²) in [5, 5.41) is 3.24. The third kappa shape index (κ3) is 4.46. The fourth-order valence-corrected chi connectivity index (χ4v) is 1.78. The van der Waals surface area contributed by atoms with Crippen molar-refractivity contribution < 1.29 is 9.13 Å². The Kier molecular flexibility index (Phi) is 5.06. The molecule has 2 aromatic rings. The first-order valence-electron chi connectivity index (χ1n) is 6.22. The van der Waals surface area contributed by atoms with Gasteiger partial charge >= 0.3 is 0 Å². The summed E-state index contributed by atoms with van der Waals surface area (Å²) in [5.41, 5.74) is 2.04. The minimum absolute atomic E-state index is 0.211. The lowest BCUT2D eigenvalue weighted by Crippen LogP contribution is -2.18. The predicted octanol–water partition coefficient (Wildman–Crippen LogP) is 1.81. The number of benzene rings is 1. The van der Waals surface area contributed by atoms with Crippen molar-refractivity contribution in [2.45, 2.75) is 13.1 Å². The number of halogens is 1. The highest BCUT2D eigenvalue weighted by atomic mass is 19.1. The van der Waals surface area contributed by atoms with Crippen LogP contribution in [0.15, 0.2) is 36.8 Å². The van der Waals surface area contributed by atoms with E-state index in [0.717, 1.165) is 24.3 Å². The summed E-state index contributed by atoms with van der Waals surface area (Å²) in [5.74, 6) is -0.211. The van der Waals surface area contributed by atoms with Gasteiger partial charge in [-0.25, -0.2) is 9.37 Å². The number of imidazole rings is 1. The van der Waals surface area contributed by atoms with Crippen LogP contribution in [0.1, 0.15) is 11.3 Å². The van der Waals surface area contributed by atoms with E-state index in [-0.39, 0.29) is 5.82 Å². The average molecular weight is 263 g/mol. The zero-order chi connectivity index (χ0) is 13.5. The van der Waals surface area contributed by atoms with Crippen molar-refractivity contribution in [3.8, 4) is 0 Å². The number of rotatable bonds is 7. The van der Waals surface area contributed by atoms with Gasteiger partial charge in [-0.1, -0.05) is 12.1 Å². The van der Waals surface area contributed by atoms with E-state index in [0.29, 0.717) is 13.2 Å². The molecule has 1 aromatic carbocycles. The lowest BCUT2D eigenvalue weighted by atomic mass is 10.2. The maximum atomic E-state index is 12.8. The van der Waals surface area contributed by atoms with Crippen LogP contribution in [-0.2, 0) is 17.8 Å². The monoisotopic (exact) mass is 263 g/mol. The molecule has 1 aromatic heterocycles. The van der Waals surface area contributed by atoms with Gasteiger partial charge in [-0.2, -0.15) is 0 Å². The van der Waals surface area contributed by atoms with Crippen molar-refractivity contribution in [1.29, 1.82) is 0 Å². The van der Waals surface area contributed by atoms with Crippen LogP contribution in [-0.4, -0.2) is 29.8 Å². The number of ether oxygens (including phenoxy) is 1. The molecular weight excluding hydrogens is 245 g/mol. The van der Waals surface area contributed by atoms with Gasteiger partial charge in [-0.3, -0.25) is 0 Å². The number of aromatic nitrogens is 2. The van der Waals surface area contributed by atoms with Crippen molar-refractivity contribution in [3.05, 3.63) is 53.9 Å². The van der Waals surface area contributed by atoms with Crippen molar-refractivity contribution in [2.24, 2.45) is 0 Å². The second-order valence-corrected chi connectivity index (χ2v) is 4.33.